The number of hydrogen-bond donors (Lipinski definition) is 1. The smallest absolute Gasteiger partial charge is 0.126 e. The predicted molar refractivity (Wildman–Crippen MR) is 76.3 cm³/mol. The van der Waals surface area contributed by atoms with Crippen molar-refractivity contribution in [2.45, 2.75) is 46.5 Å². The van der Waals surface area contributed by atoms with Gasteiger partial charge in [-0.05, 0) is 28.9 Å². The zero-order valence-electron chi connectivity index (χ0n) is 12.3. The summed E-state index contributed by atoms with van der Waals surface area (Å²) in [5, 5.41) is 8.97. The second kappa shape index (κ2) is 6.24. The Morgan fingerprint density at radius 3 is 2.39 bits per heavy atom. The Hall–Kier alpha value is -1.02. The molecule has 0 saturated heterocycles. The summed E-state index contributed by atoms with van der Waals surface area (Å²) in [6, 6.07) is 6.35. The molecule has 0 aliphatic heterocycles. The fourth-order valence-corrected chi connectivity index (χ4v) is 2.09. The second-order valence-electron chi connectivity index (χ2n) is 6.21. The van der Waals surface area contributed by atoms with Crippen molar-refractivity contribution in [3.63, 3.8) is 0 Å². The summed E-state index contributed by atoms with van der Waals surface area (Å²) in [6.07, 6.45) is 1.00. The molecular weight excluding hydrogens is 224 g/mol. The van der Waals surface area contributed by atoms with E-state index in [0.29, 0.717) is 12.5 Å². The Kier molecular flexibility index (Phi) is 5.21. The highest BCUT2D eigenvalue weighted by Crippen LogP contribution is 2.35. The van der Waals surface area contributed by atoms with Crippen LogP contribution in [0.5, 0.6) is 5.75 Å². The molecule has 1 rings (SSSR count). The minimum atomic E-state index is 0.0534. The summed E-state index contributed by atoms with van der Waals surface area (Å²) in [4.78, 5) is 0. The molecule has 102 valence electrons. The SMILES string of the molecule is CC(C)Cc1cccc(C(C)(C)C)c1OCCO. The lowest BCUT2D eigenvalue weighted by atomic mass is 9.84. The van der Waals surface area contributed by atoms with Crippen LogP contribution in [0.1, 0.15) is 45.7 Å². The van der Waals surface area contributed by atoms with E-state index in [2.05, 4.69) is 52.8 Å². The van der Waals surface area contributed by atoms with Gasteiger partial charge in [0.1, 0.15) is 12.4 Å². The van der Waals surface area contributed by atoms with Gasteiger partial charge in [0.15, 0.2) is 0 Å². The van der Waals surface area contributed by atoms with Crippen molar-refractivity contribution in [2.24, 2.45) is 5.92 Å². The van der Waals surface area contributed by atoms with Crippen molar-refractivity contribution in [1.82, 2.24) is 0 Å². The first-order valence-electron chi connectivity index (χ1n) is 6.72. The number of aliphatic hydroxyl groups is 1. The third kappa shape index (κ3) is 4.02. The second-order valence-corrected chi connectivity index (χ2v) is 6.21. The summed E-state index contributed by atoms with van der Waals surface area (Å²) in [5.74, 6) is 1.56. The van der Waals surface area contributed by atoms with Crippen LogP contribution in [0.3, 0.4) is 0 Å². The van der Waals surface area contributed by atoms with Gasteiger partial charge in [0.2, 0.25) is 0 Å². The maximum absolute atomic E-state index is 8.97. The van der Waals surface area contributed by atoms with Crippen LogP contribution in [-0.4, -0.2) is 18.3 Å². The first-order chi connectivity index (χ1) is 8.36. The van der Waals surface area contributed by atoms with Gasteiger partial charge in [-0.1, -0.05) is 52.8 Å². The van der Waals surface area contributed by atoms with E-state index in [9.17, 15) is 0 Å². The summed E-state index contributed by atoms with van der Waals surface area (Å²) < 4.78 is 5.79. The number of rotatable bonds is 5. The van der Waals surface area contributed by atoms with Crippen LogP contribution in [0.15, 0.2) is 18.2 Å². The molecule has 0 aliphatic rings. The topological polar surface area (TPSA) is 29.5 Å². The molecule has 2 nitrogen and oxygen atoms in total. The molecule has 2 heteroatoms. The Morgan fingerprint density at radius 1 is 1.22 bits per heavy atom. The van der Waals surface area contributed by atoms with Crippen LogP contribution in [0.4, 0.5) is 0 Å². The van der Waals surface area contributed by atoms with E-state index in [-0.39, 0.29) is 12.0 Å². The average Bonchev–Trinajstić information content (AvgIpc) is 2.25. The third-order valence-electron chi connectivity index (χ3n) is 2.87. The Labute approximate surface area is 111 Å². The van der Waals surface area contributed by atoms with E-state index in [0.717, 1.165) is 12.2 Å². The van der Waals surface area contributed by atoms with E-state index in [1.54, 1.807) is 0 Å². The zero-order chi connectivity index (χ0) is 13.8. The largest absolute Gasteiger partial charge is 0.491 e. The minimum absolute atomic E-state index is 0.0534. The molecule has 0 spiro atoms. The van der Waals surface area contributed by atoms with Gasteiger partial charge in [-0.15, -0.1) is 0 Å². The Morgan fingerprint density at radius 2 is 1.89 bits per heavy atom. The molecule has 0 aromatic heterocycles. The highest BCUT2D eigenvalue weighted by molar-refractivity contribution is 5.45. The summed E-state index contributed by atoms with van der Waals surface area (Å²) in [7, 11) is 0. The molecule has 0 heterocycles. The van der Waals surface area contributed by atoms with Gasteiger partial charge in [-0.2, -0.15) is 0 Å². The van der Waals surface area contributed by atoms with Gasteiger partial charge in [0.05, 0.1) is 6.61 Å². The molecule has 0 radical (unpaired) electrons. The first kappa shape index (κ1) is 15.0. The van der Waals surface area contributed by atoms with Gasteiger partial charge in [0, 0.05) is 0 Å². The molecule has 0 saturated carbocycles. The molecule has 1 aromatic carbocycles. The fourth-order valence-electron chi connectivity index (χ4n) is 2.09. The quantitative estimate of drug-likeness (QED) is 0.866. The van der Waals surface area contributed by atoms with Crippen molar-refractivity contribution in [1.29, 1.82) is 0 Å². The van der Waals surface area contributed by atoms with E-state index < -0.39 is 0 Å². The number of ether oxygens (including phenoxy) is 1. The maximum Gasteiger partial charge on any atom is 0.126 e. The van der Waals surface area contributed by atoms with Gasteiger partial charge in [-0.25, -0.2) is 0 Å². The van der Waals surface area contributed by atoms with Crippen molar-refractivity contribution < 1.29 is 9.84 Å². The number of hydrogen-bond acceptors (Lipinski definition) is 2. The Balaban J connectivity index is 3.17. The van der Waals surface area contributed by atoms with E-state index in [4.69, 9.17) is 9.84 Å². The van der Waals surface area contributed by atoms with Gasteiger partial charge < -0.3 is 9.84 Å². The standard InChI is InChI=1S/C16H26O2/c1-12(2)11-13-7-6-8-14(16(3,4)5)15(13)18-10-9-17/h6-8,12,17H,9-11H2,1-5H3. The van der Waals surface area contributed by atoms with Crippen molar-refractivity contribution >= 4 is 0 Å². The Bertz CT molecular complexity index is 375. The predicted octanol–water partition coefficient (Wildman–Crippen LogP) is 3.55. The van der Waals surface area contributed by atoms with Crippen LogP contribution in [0.25, 0.3) is 0 Å². The lowest BCUT2D eigenvalue weighted by molar-refractivity contribution is 0.197. The van der Waals surface area contributed by atoms with Gasteiger partial charge in [0.25, 0.3) is 0 Å². The molecule has 0 bridgehead atoms. The van der Waals surface area contributed by atoms with Crippen molar-refractivity contribution in [3.05, 3.63) is 29.3 Å². The molecule has 0 amide bonds. The monoisotopic (exact) mass is 250 g/mol. The van der Waals surface area contributed by atoms with Crippen LogP contribution >= 0.6 is 0 Å². The van der Waals surface area contributed by atoms with Crippen LogP contribution in [0.2, 0.25) is 0 Å². The summed E-state index contributed by atoms with van der Waals surface area (Å²) in [6.45, 7) is 11.4. The van der Waals surface area contributed by atoms with Crippen LogP contribution < -0.4 is 4.74 Å². The van der Waals surface area contributed by atoms with Gasteiger partial charge in [-0.3, -0.25) is 0 Å². The first-order valence-corrected chi connectivity index (χ1v) is 6.72. The molecule has 0 atom stereocenters. The van der Waals surface area contributed by atoms with Crippen LogP contribution in [-0.2, 0) is 11.8 Å². The van der Waals surface area contributed by atoms with Crippen molar-refractivity contribution in [3.8, 4) is 5.75 Å². The number of aliphatic hydroxyl groups excluding tert-OH is 1. The molecule has 1 N–H and O–H groups in total. The molecule has 0 fully saturated rings. The highest BCUT2D eigenvalue weighted by atomic mass is 16.5. The van der Waals surface area contributed by atoms with Gasteiger partial charge >= 0.3 is 0 Å². The highest BCUT2D eigenvalue weighted by Gasteiger charge is 2.21. The summed E-state index contributed by atoms with van der Waals surface area (Å²) in [5.41, 5.74) is 2.51. The molecule has 0 unspecified atom stereocenters. The number of para-hydroxylation sites is 1. The van der Waals surface area contributed by atoms with E-state index in [1.807, 2.05) is 0 Å². The number of benzene rings is 1. The lowest BCUT2D eigenvalue weighted by Crippen LogP contribution is -2.16. The minimum Gasteiger partial charge on any atom is -0.491 e. The molecule has 0 aliphatic carbocycles. The van der Waals surface area contributed by atoms with Crippen LogP contribution in [0, 0.1) is 5.92 Å². The van der Waals surface area contributed by atoms with Crippen molar-refractivity contribution in [2.75, 3.05) is 13.2 Å². The fraction of sp³-hybridized carbons (Fsp3) is 0.625. The molecule has 1 aromatic rings. The van der Waals surface area contributed by atoms with E-state index >= 15 is 0 Å². The van der Waals surface area contributed by atoms with E-state index in [1.165, 1.54) is 11.1 Å². The average molecular weight is 250 g/mol. The summed E-state index contributed by atoms with van der Waals surface area (Å²) >= 11 is 0. The lowest BCUT2D eigenvalue weighted by Gasteiger charge is -2.25. The molecule has 18 heavy (non-hydrogen) atoms. The molecular formula is C16H26O2. The zero-order valence-corrected chi connectivity index (χ0v) is 12.3. The normalized spacial score (nSPS) is 11.9. The third-order valence-corrected chi connectivity index (χ3v) is 2.87. The maximum atomic E-state index is 8.97.